The quantitative estimate of drug-likeness (QED) is 0.332. The second kappa shape index (κ2) is 8.25. The molecule has 0 aliphatic carbocycles. The molecular weight excluding hydrogens is 461 g/mol. The summed E-state index contributed by atoms with van der Waals surface area (Å²) in [5, 5.41) is 1.26. The Morgan fingerprint density at radius 2 is 1.85 bits per heavy atom. The van der Waals surface area contributed by atoms with Gasteiger partial charge in [-0.25, -0.2) is 0 Å². The van der Waals surface area contributed by atoms with Crippen LogP contribution in [-0.2, 0) is 0 Å². The first-order valence-corrected chi connectivity index (χ1v) is 11.2. The third kappa shape index (κ3) is 3.58. The van der Waals surface area contributed by atoms with E-state index in [0.717, 1.165) is 11.1 Å². The minimum atomic E-state index is -0.716. The van der Waals surface area contributed by atoms with Crippen LogP contribution in [0.3, 0.4) is 0 Å². The van der Waals surface area contributed by atoms with Crippen LogP contribution in [0, 0.1) is 6.92 Å². The molecule has 0 saturated heterocycles. The molecule has 0 saturated carbocycles. The van der Waals surface area contributed by atoms with Crippen molar-refractivity contribution < 1.29 is 13.9 Å². The van der Waals surface area contributed by atoms with E-state index in [4.69, 9.17) is 32.4 Å². The highest BCUT2D eigenvalue weighted by atomic mass is 35.5. The molecule has 5 rings (SSSR count). The lowest BCUT2D eigenvalue weighted by Gasteiger charge is -2.26. The highest BCUT2D eigenvalue weighted by molar-refractivity contribution is 6.32. The van der Waals surface area contributed by atoms with Crippen LogP contribution in [0.2, 0.25) is 10.0 Å². The maximum absolute atomic E-state index is 13.7. The summed E-state index contributed by atoms with van der Waals surface area (Å²) >= 11 is 12.5. The summed E-state index contributed by atoms with van der Waals surface area (Å²) < 4.78 is 11.6. The number of halogens is 2. The monoisotopic (exact) mass is 479 g/mol. The van der Waals surface area contributed by atoms with Gasteiger partial charge < -0.3 is 9.15 Å². The average molecular weight is 480 g/mol. The molecule has 1 amide bonds. The molecule has 0 spiro atoms. The van der Waals surface area contributed by atoms with E-state index in [9.17, 15) is 9.59 Å². The van der Waals surface area contributed by atoms with Gasteiger partial charge in [0.05, 0.1) is 23.6 Å². The molecule has 0 fully saturated rings. The van der Waals surface area contributed by atoms with E-state index in [0.29, 0.717) is 39.1 Å². The van der Waals surface area contributed by atoms with Gasteiger partial charge >= 0.3 is 0 Å². The van der Waals surface area contributed by atoms with Crippen molar-refractivity contribution in [1.82, 2.24) is 0 Å². The van der Waals surface area contributed by atoms with Crippen molar-refractivity contribution in [2.24, 2.45) is 0 Å². The number of amides is 1. The van der Waals surface area contributed by atoms with Crippen LogP contribution in [0.4, 0.5) is 5.69 Å². The van der Waals surface area contributed by atoms with Crippen molar-refractivity contribution in [3.63, 3.8) is 0 Å². The lowest BCUT2D eigenvalue weighted by atomic mass is 9.98. The van der Waals surface area contributed by atoms with Gasteiger partial charge in [-0.1, -0.05) is 41.4 Å². The zero-order chi connectivity index (χ0) is 23.3. The van der Waals surface area contributed by atoms with Gasteiger partial charge in [-0.2, -0.15) is 0 Å². The number of fused-ring (bicyclic) bond motifs is 2. The molecule has 0 radical (unpaired) electrons. The van der Waals surface area contributed by atoms with Gasteiger partial charge in [-0.15, -0.1) is 0 Å². The molecule has 1 aromatic heterocycles. The van der Waals surface area contributed by atoms with E-state index in [2.05, 4.69) is 0 Å². The number of ether oxygens (including phenoxy) is 1. The molecule has 33 heavy (non-hydrogen) atoms. The average Bonchev–Trinajstić information content (AvgIpc) is 3.09. The first-order chi connectivity index (χ1) is 15.9. The van der Waals surface area contributed by atoms with E-state index in [1.807, 2.05) is 50.2 Å². The zero-order valence-electron chi connectivity index (χ0n) is 17.9. The molecule has 0 bridgehead atoms. The lowest BCUT2D eigenvalue weighted by Crippen LogP contribution is -2.29. The van der Waals surface area contributed by atoms with Crippen LogP contribution in [0.25, 0.3) is 11.0 Å². The van der Waals surface area contributed by atoms with Gasteiger partial charge in [0.2, 0.25) is 5.76 Å². The van der Waals surface area contributed by atoms with Crippen molar-refractivity contribution in [1.29, 1.82) is 0 Å². The SMILES string of the molecule is CCOc1cccc(C2c3c(oc4ccc(Cl)cc4c3=O)C(=O)N2c2ccc(C)c(Cl)c2)c1. The predicted octanol–water partition coefficient (Wildman–Crippen LogP) is 6.56. The Bertz CT molecular complexity index is 1480. The zero-order valence-corrected chi connectivity index (χ0v) is 19.4. The molecule has 1 aliphatic heterocycles. The molecule has 7 heteroatoms. The standard InChI is InChI=1S/C26H19Cl2NO4/c1-3-32-18-6-4-5-15(11-18)23-22-24(30)19-12-16(27)8-10-21(19)33-25(22)26(31)29(23)17-9-7-14(2)20(28)13-17/h4-13,23H,3H2,1-2H3. The summed E-state index contributed by atoms with van der Waals surface area (Å²) in [6.45, 7) is 4.27. The first kappa shape index (κ1) is 21.6. The number of nitrogens with zero attached hydrogens (tertiary/aromatic N) is 1. The van der Waals surface area contributed by atoms with E-state index in [1.54, 1.807) is 29.2 Å². The molecule has 0 N–H and O–H groups in total. The molecule has 3 aromatic carbocycles. The van der Waals surface area contributed by atoms with Crippen LogP contribution < -0.4 is 15.1 Å². The lowest BCUT2D eigenvalue weighted by molar-refractivity contribution is 0.0971. The van der Waals surface area contributed by atoms with E-state index >= 15 is 0 Å². The van der Waals surface area contributed by atoms with Crippen molar-refractivity contribution in [3.05, 3.63) is 103 Å². The normalized spacial score (nSPS) is 15.2. The van der Waals surface area contributed by atoms with Crippen molar-refractivity contribution >= 4 is 45.8 Å². The third-order valence-corrected chi connectivity index (χ3v) is 6.39. The van der Waals surface area contributed by atoms with Gasteiger partial charge in [-0.05, 0) is 67.4 Å². The second-order valence-electron chi connectivity index (χ2n) is 7.83. The molecule has 5 nitrogen and oxygen atoms in total. The highest BCUT2D eigenvalue weighted by Crippen LogP contribution is 2.42. The van der Waals surface area contributed by atoms with Crippen LogP contribution >= 0.6 is 23.2 Å². The minimum absolute atomic E-state index is 0.0123. The fourth-order valence-corrected chi connectivity index (χ4v) is 4.55. The highest BCUT2D eigenvalue weighted by Gasteiger charge is 2.43. The number of carbonyl (C=O) groups excluding carboxylic acids is 1. The van der Waals surface area contributed by atoms with Gasteiger partial charge in [0.1, 0.15) is 11.3 Å². The number of hydrogen-bond donors (Lipinski definition) is 0. The smallest absolute Gasteiger partial charge is 0.295 e. The van der Waals surface area contributed by atoms with E-state index in [-0.39, 0.29) is 16.8 Å². The maximum atomic E-state index is 13.7. The maximum Gasteiger partial charge on any atom is 0.295 e. The summed E-state index contributed by atoms with van der Waals surface area (Å²) in [7, 11) is 0. The fraction of sp³-hybridized carbons (Fsp3) is 0.154. The number of rotatable bonds is 4. The summed E-state index contributed by atoms with van der Waals surface area (Å²) in [5.41, 5.74) is 2.44. The summed E-state index contributed by atoms with van der Waals surface area (Å²) in [6.07, 6.45) is 0. The minimum Gasteiger partial charge on any atom is -0.494 e. The Hall–Kier alpha value is -3.28. The van der Waals surface area contributed by atoms with Gasteiger partial charge in [-0.3, -0.25) is 14.5 Å². The van der Waals surface area contributed by atoms with Crippen LogP contribution in [0.1, 0.15) is 40.2 Å². The Balaban J connectivity index is 1.80. The number of carbonyl (C=O) groups is 1. The topological polar surface area (TPSA) is 59.8 Å². The molecule has 4 aromatic rings. The van der Waals surface area contributed by atoms with E-state index in [1.165, 1.54) is 0 Å². The van der Waals surface area contributed by atoms with Crippen LogP contribution in [0.5, 0.6) is 5.75 Å². The van der Waals surface area contributed by atoms with E-state index < -0.39 is 11.9 Å². The Morgan fingerprint density at radius 1 is 1.03 bits per heavy atom. The van der Waals surface area contributed by atoms with Crippen LogP contribution in [-0.4, -0.2) is 12.5 Å². The van der Waals surface area contributed by atoms with Crippen molar-refractivity contribution in [2.45, 2.75) is 19.9 Å². The number of hydrogen-bond acceptors (Lipinski definition) is 4. The predicted molar refractivity (Wildman–Crippen MR) is 130 cm³/mol. The molecule has 2 heterocycles. The number of aryl methyl sites for hydroxylation is 1. The molecular formula is C26H19Cl2NO4. The first-order valence-electron chi connectivity index (χ1n) is 10.5. The van der Waals surface area contributed by atoms with Gasteiger partial charge in [0.25, 0.3) is 5.91 Å². The van der Waals surface area contributed by atoms with Crippen LogP contribution in [0.15, 0.2) is 69.9 Å². The van der Waals surface area contributed by atoms with Crippen molar-refractivity contribution in [2.75, 3.05) is 11.5 Å². The largest absolute Gasteiger partial charge is 0.494 e. The molecule has 1 aliphatic rings. The van der Waals surface area contributed by atoms with Gasteiger partial charge in [0.15, 0.2) is 5.43 Å². The summed E-state index contributed by atoms with van der Waals surface area (Å²) in [4.78, 5) is 28.8. The Kier molecular flexibility index (Phi) is 5.39. The fourth-order valence-electron chi connectivity index (χ4n) is 4.20. The third-order valence-electron chi connectivity index (χ3n) is 5.75. The Morgan fingerprint density at radius 3 is 2.61 bits per heavy atom. The second-order valence-corrected chi connectivity index (χ2v) is 8.67. The molecule has 166 valence electrons. The van der Waals surface area contributed by atoms with Gasteiger partial charge in [0, 0.05) is 15.7 Å². The summed E-state index contributed by atoms with van der Waals surface area (Å²) in [6, 6.07) is 16.8. The number of benzene rings is 3. The number of anilines is 1. The molecule has 1 unspecified atom stereocenters. The Labute approximate surface area is 200 Å². The summed E-state index contributed by atoms with van der Waals surface area (Å²) in [5.74, 6) is 0.245. The van der Waals surface area contributed by atoms with Crippen molar-refractivity contribution in [3.8, 4) is 5.75 Å². The molecule has 1 atom stereocenters.